The number of aromatic amines is 1. The SMILES string of the molecule is O=C1C(=Cc2ccc[nH]2)SC(=S)N1c1cccc(C(F)(F)F)c1. The predicted molar refractivity (Wildman–Crippen MR) is 87.9 cm³/mol. The Labute approximate surface area is 139 Å². The smallest absolute Gasteiger partial charge is 0.362 e. The van der Waals surface area contributed by atoms with E-state index in [0.717, 1.165) is 34.5 Å². The molecular weight excluding hydrogens is 345 g/mol. The quantitative estimate of drug-likeness (QED) is 0.640. The van der Waals surface area contributed by atoms with E-state index < -0.39 is 17.6 Å². The lowest BCUT2D eigenvalue weighted by molar-refractivity contribution is -0.137. The summed E-state index contributed by atoms with van der Waals surface area (Å²) in [5.41, 5.74) is 0.00384. The summed E-state index contributed by atoms with van der Waals surface area (Å²) in [5, 5.41) is 0. The first-order valence-electron chi connectivity index (χ1n) is 6.45. The Hall–Kier alpha value is -2.06. The van der Waals surface area contributed by atoms with Crippen molar-refractivity contribution in [2.75, 3.05) is 4.90 Å². The maximum atomic E-state index is 12.8. The van der Waals surface area contributed by atoms with Gasteiger partial charge in [0.25, 0.3) is 5.91 Å². The summed E-state index contributed by atoms with van der Waals surface area (Å²) in [6, 6.07) is 8.11. The molecule has 8 heteroatoms. The number of thiocarbonyl (C=S) groups is 1. The van der Waals surface area contributed by atoms with Crippen molar-refractivity contribution in [3.05, 3.63) is 58.8 Å². The molecule has 1 saturated heterocycles. The van der Waals surface area contributed by atoms with E-state index in [1.807, 2.05) is 0 Å². The zero-order valence-electron chi connectivity index (χ0n) is 11.4. The number of carbonyl (C=O) groups is 1. The van der Waals surface area contributed by atoms with Gasteiger partial charge in [0.1, 0.15) is 0 Å². The Morgan fingerprint density at radius 2 is 2.00 bits per heavy atom. The Morgan fingerprint density at radius 1 is 1.22 bits per heavy atom. The zero-order valence-corrected chi connectivity index (χ0v) is 13.1. The second-order valence-electron chi connectivity index (χ2n) is 4.69. The third-order valence-corrected chi connectivity index (χ3v) is 4.44. The highest BCUT2D eigenvalue weighted by Crippen LogP contribution is 2.38. The number of H-pyrrole nitrogens is 1. The van der Waals surface area contributed by atoms with Crippen LogP contribution in [0.1, 0.15) is 11.3 Å². The highest BCUT2D eigenvalue weighted by molar-refractivity contribution is 8.27. The van der Waals surface area contributed by atoms with E-state index in [2.05, 4.69) is 4.98 Å². The van der Waals surface area contributed by atoms with Gasteiger partial charge in [0, 0.05) is 11.9 Å². The lowest BCUT2D eigenvalue weighted by atomic mass is 10.2. The van der Waals surface area contributed by atoms with Gasteiger partial charge in [-0.2, -0.15) is 13.2 Å². The minimum Gasteiger partial charge on any atom is -0.362 e. The molecule has 3 nitrogen and oxygen atoms in total. The van der Waals surface area contributed by atoms with Crippen molar-refractivity contribution in [2.24, 2.45) is 0 Å². The van der Waals surface area contributed by atoms with Crippen LogP contribution in [0.15, 0.2) is 47.5 Å². The fraction of sp³-hybridized carbons (Fsp3) is 0.0667. The largest absolute Gasteiger partial charge is 0.416 e. The van der Waals surface area contributed by atoms with Crippen molar-refractivity contribution in [3.63, 3.8) is 0 Å². The van der Waals surface area contributed by atoms with Crippen LogP contribution < -0.4 is 4.90 Å². The highest BCUT2D eigenvalue weighted by Gasteiger charge is 2.36. The molecule has 1 N–H and O–H groups in total. The van der Waals surface area contributed by atoms with E-state index in [1.165, 1.54) is 12.1 Å². The first kappa shape index (κ1) is 15.8. The predicted octanol–water partition coefficient (Wildman–Crippen LogP) is 4.44. The summed E-state index contributed by atoms with van der Waals surface area (Å²) in [6.07, 6.45) is -1.15. The van der Waals surface area contributed by atoms with Crippen LogP contribution >= 0.6 is 24.0 Å². The molecule has 0 atom stereocenters. The molecule has 1 aliphatic heterocycles. The molecule has 0 bridgehead atoms. The first-order valence-corrected chi connectivity index (χ1v) is 7.67. The fourth-order valence-corrected chi connectivity index (χ4v) is 3.38. The van der Waals surface area contributed by atoms with E-state index in [4.69, 9.17) is 12.2 Å². The third-order valence-electron chi connectivity index (χ3n) is 3.13. The Morgan fingerprint density at radius 3 is 2.65 bits per heavy atom. The number of halogens is 3. The van der Waals surface area contributed by atoms with Crippen molar-refractivity contribution in [1.29, 1.82) is 0 Å². The van der Waals surface area contributed by atoms with Crippen LogP contribution in [0, 0.1) is 0 Å². The Bertz CT molecular complexity index is 797. The van der Waals surface area contributed by atoms with Crippen LogP contribution in [0.2, 0.25) is 0 Å². The summed E-state index contributed by atoms with van der Waals surface area (Å²) in [4.78, 5) is 16.9. The van der Waals surface area contributed by atoms with Crippen molar-refractivity contribution in [3.8, 4) is 0 Å². The molecule has 1 fully saturated rings. The number of nitrogens with one attached hydrogen (secondary N) is 1. The van der Waals surface area contributed by atoms with Crippen LogP contribution in [0.3, 0.4) is 0 Å². The van der Waals surface area contributed by atoms with Crippen LogP contribution in [0.4, 0.5) is 18.9 Å². The van der Waals surface area contributed by atoms with Crippen LogP contribution in [-0.4, -0.2) is 15.2 Å². The standard InChI is InChI=1S/C15H9F3N2OS2/c16-15(17,18)9-3-1-5-11(7-9)20-13(21)12(23-14(20)22)8-10-4-2-6-19-10/h1-8,19H. The van der Waals surface area contributed by atoms with Gasteiger partial charge in [0.2, 0.25) is 0 Å². The lowest BCUT2D eigenvalue weighted by Gasteiger charge is -2.16. The molecule has 1 amide bonds. The number of benzene rings is 1. The average Bonchev–Trinajstić information content (AvgIpc) is 3.08. The van der Waals surface area contributed by atoms with Crippen LogP contribution in [-0.2, 0) is 11.0 Å². The minimum atomic E-state index is -4.48. The lowest BCUT2D eigenvalue weighted by Crippen LogP contribution is -2.27. The molecule has 1 aromatic heterocycles. The normalized spacial score (nSPS) is 17.3. The molecule has 1 aliphatic rings. The Balaban J connectivity index is 1.95. The molecule has 0 unspecified atom stereocenters. The number of thioether (sulfide) groups is 1. The molecular formula is C15H9F3N2OS2. The number of aromatic nitrogens is 1. The number of hydrogen-bond acceptors (Lipinski definition) is 3. The molecule has 2 heterocycles. The Kier molecular flexibility index (Phi) is 4.03. The molecule has 0 radical (unpaired) electrons. The summed E-state index contributed by atoms with van der Waals surface area (Å²) in [5.74, 6) is -0.436. The summed E-state index contributed by atoms with van der Waals surface area (Å²) >= 11 is 6.20. The fourth-order valence-electron chi connectivity index (χ4n) is 2.09. The number of rotatable bonds is 2. The maximum Gasteiger partial charge on any atom is 0.416 e. The van der Waals surface area contributed by atoms with Gasteiger partial charge in [-0.15, -0.1) is 0 Å². The molecule has 0 saturated carbocycles. The van der Waals surface area contributed by atoms with Gasteiger partial charge in [-0.1, -0.05) is 30.0 Å². The number of carbonyl (C=O) groups excluding carboxylic acids is 1. The van der Waals surface area contributed by atoms with Crippen LogP contribution in [0.5, 0.6) is 0 Å². The first-order chi connectivity index (χ1) is 10.9. The minimum absolute atomic E-state index is 0.109. The number of alkyl halides is 3. The van der Waals surface area contributed by atoms with Gasteiger partial charge in [-0.05, 0) is 36.4 Å². The van der Waals surface area contributed by atoms with E-state index in [-0.39, 0.29) is 10.0 Å². The second kappa shape index (κ2) is 5.86. The average molecular weight is 354 g/mol. The molecule has 2 aromatic rings. The number of anilines is 1. The number of nitrogens with zero attached hydrogens (tertiary/aromatic N) is 1. The van der Waals surface area contributed by atoms with Crippen molar-refractivity contribution in [1.82, 2.24) is 4.98 Å². The van der Waals surface area contributed by atoms with Gasteiger partial charge >= 0.3 is 6.18 Å². The van der Waals surface area contributed by atoms with E-state index in [1.54, 1.807) is 24.4 Å². The molecule has 0 spiro atoms. The molecule has 0 aliphatic carbocycles. The van der Waals surface area contributed by atoms with Crippen molar-refractivity contribution >= 4 is 46.0 Å². The van der Waals surface area contributed by atoms with E-state index in [9.17, 15) is 18.0 Å². The highest BCUT2D eigenvalue weighted by atomic mass is 32.2. The van der Waals surface area contributed by atoms with Gasteiger partial charge in [-0.3, -0.25) is 9.69 Å². The van der Waals surface area contributed by atoms with Crippen molar-refractivity contribution in [2.45, 2.75) is 6.18 Å². The van der Waals surface area contributed by atoms with Gasteiger partial charge in [-0.25, -0.2) is 0 Å². The summed E-state index contributed by atoms with van der Waals surface area (Å²) in [6.45, 7) is 0. The third kappa shape index (κ3) is 3.18. The van der Waals surface area contributed by atoms with E-state index >= 15 is 0 Å². The summed E-state index contributed by atoms with van der Waals surface area (Å²) in [7, 11) is 0. The molecule has 23 heavy (non-hydrogen) atoms. The zero-order chi connectivity index (χ0) is 16.6. The van der Waals surface area contributed by atoms with Gasteiger partial charge in [0.15, 0.2) is 4.32 Å². The topological polar surface area (TPSA) is 36.1 Å². The van der Waals surface area contributed by atoms with E-state index in [0.29, 0.717) is 4.91 Å². The van der Waals surface area contributed by atoms with Crippen LogP contribution in [0.25, 0.3) is 6.08 Å². The second-order valence-corrected chi connectivity index (χ2v) is 6.37. The number of hydrogen-bond donors (Lipinski definition) is 1. The van der Waals surface area contributed by atoms with Crippen molar-refractivity contribution < 1.29 is 18.0 Å². The summed E-state index contributed by atoms with van der Waals surface area (Å²) < 4.78 is 38.7. The molecule has 1 aromatic carbocycles. The molecule has 3 rings (SSSR count). The van der Waals surface area contributed by atoms with Gasteiger partial charge in [0.05, 0.1) is 16.2 Å². The maximum absolute atomic E-state index is 12.8. The van der Waals surface area contributed by atoms with Gasteiger partial charge < -0.3 is 4.98 Å². The molecule has 118 valence electrons. The monoisotopic (exact) mass is 354 g/mol. The number of amides is 1.